The first-order valence-corrected chi connectivity index (χ1v) is 8.11. The van der Waals surface area contributed by atoms with Crippen LogP contribution in [0.4, 0.5) is 10.5 Å². The van der Waals surface area contributed by atoms with Gasteiger partial charge in [-0.3, -0.25) is 4.79 Å². The molecule has 0 unspecified atom stereocenters. The standard InChI is InChI=1S/C19H23N3O4/c1-13-6-4-8-15(10-13)22-19(24)21-12-17(23)20-11-14-7-5-9-16(25-2)18(14)26-3/h4-10H,11-12H2,1-3H3,(H,20,23)(H2,21,22,24). The molecule has 7 heteroatoms. The van der Waals surface area contributed by atoms with Crippen LogP contribution < -0.4 is 25.4 Å². The molecule has 7 nitrogen and oxygen atoms in total. The summed E-state index contributed by atoms with van der Waals surface area (Å²) in [5, 5.41) is 7.93. The molecule has 2 rings (SSSR count). The number of carbonyl (C=O) groups excluding carboxylic acids is 2. The average Bonchev–Trinajstić information content (AvgIpc) is 2.64. The van der Waals surface area contributed by atoms with E-state index in [0.29, 0.717) is 17.2 Å². The maximum Gasteiger partial charge on any atom is 0.319 e. The predicted octanol–water partition coefficient (Wildman–Crippen LogP) is 2.45. The minimum absolute atomic E-state index is 0.135. The first-order chi connectivity index (χ1) is 12.5. The Labute approximate surface area is 152 Å². The molecule has 3 amide bonds. The van der Waals surface area contributed by atoms with E-state index >= 15 is 0 Å². The molecule has 2 aromatic rings. The van der Waals surface area contributed by atoms with Crippen molar-refractivity contribution in [1.29, 1.82) is 0 Å². The number of amides is 3. The SMILES string of the molecule is COc1cccc(CNC(=O)CNC(=O)Nc2cccc(C)c2)c1OC. The van der Waals surface area contributed by atoms with Crippen LogP contribution >= 0.6 is 0 Å². The molecule has 0 aliphatic rings. The fraction of sp³-hybridized carbons (Fsp3) is 0.263. The average molecular weight is 357 g/mol. The summed E-state index contributed by atoms with van der Waals surface area (Å²) >= 11 is 0. The molecule has 0 saturated heterocycles. The lowest BCUT2D eigenvalue weighted by Crippen LogP contribution is -2.38. The number of aryl methyl sites for hydroxylation is 1. The highest BCUT2D eigenvalue weighted by Gasteiger charge is 2.11. The van der Waals surface area contributed by atoms with Crippen molar-refractivity contribution in [3.05, 3.63) is 53.6 Å². The van der Waals surface area contributed by atoms with Gasteiger partial charge in [-0.2, -0.15) is 0 Å². The van der Waals surface area contributed by atoms with E-state index in [4.69, 9.17) is 9.47 Å². The third-order valence-electron chi connectivity index (χ3n) is 3.65. The van der Waals surface area contributed by atoms with Gasteiger partial charge in [0.25, 0.3) is 0 Å². The topological polar surface area (TPSA) is 88.7 Å². The zero-order chi connectivity index (χ0) is 18.9. The molecule has 0 aliphatic carbocycles. The molecule has 0 atom stereocenters. The Bertz CT molecular complexity index is 777. The van der Waals surface area contributed by atoms with Crippen LogP contribution in [0.1, 0.15) is 11.1 Å². The second-order valence-electron chi connectivity index (χ2n) is 5.61. The second-order valence-corrected chi connectivity index (χ2v) is 5.61. The van der Waals surface area contributed by atoms with Crippen LogP contribution in [0, 0.1) is 6.92 Å². The van der Waals surface area contributed by atoms with Crippen molar-refractivity contribution in [2.45, 2.75) is 13.5 Å². The van der Waals surface area contributed by atoms with Crippen molar-refractivity contribution in [2.75, 3.05) is 26.1 Å². The normalized spacial score (nSPS) is 9.96. The number of urea groups is 1. The van der Waals surface area contributed by atoms with Gasteiger partial charge < -0.3 is 25.4 Å². The Morgan fingerprint density at radius 3 is 2.46 bits per heavy atom. The summed E-state index contributed by atoms with van der Waals surface area (Å²) in [5.74, 6) is 0.852. The molecule has 2 aromatic carbocycles. The third kappa shape index (κ3) is 5.41. The highest BCUT2D eigenvalue weighted by Crippen LogP contribution is 2.30. The van der Waals surface area contributed by atoms with Gasteiger partial charge in [-0.25, -0.2) is 4.79 Å². The lowest BCUT2D eigenvalue weighted by atomic mass is 10.2. The van der Waals surface area contributed by atoms with Crippen LogP contribution in [-0.2, 0) is 11.3 Å². The van der Waals surface area contributed by atoms with Crippen LogP contribution in [0.2, 0.25) is 0 Å². The first-order valence-electron chi connectivity index (χ1n) is 8.11. The lowest BCUT2D eigenvalue weighted by molar-refractivity contribution is -0.120. The number of carbonyl (C=O) groups is 2. The van der Waals surface area contributed by atoms with Crippen molar-refractivity contribution in [3.63, 3.8) is 0 Å². The van der Waals surface area contributed by atoms with Crippen molar-refractivity contribution in [2.24, 2.45) is 0 Å². The fourth-order valence-corrected chi connectivity index (χ4v) is 2.41. The van der Waals surface area contributed by atoms with Gasteiger partial charge in [-0.1, -0.05) is 24.3 Å². The summed E-state index contributed by atoms with van der Waals surface area (Å²) in [7, 11) is 3.09. The molecule has 26 heavy (non-hydrogen) atoms. The summed E-state index contributed by atoms with van der Waals surface area (Å²) in [6.45, 7) is 2.06. The smallest absolute Gasteiger partial charge is 0.319 e. The zero-order valence-corrected chi connectivity index (χ0v) is 15.1. The molecule has 0 aromatic heterocycles. The van der Waals surface area contributed by atoms with Crippen LogP contribution in [0.25, 0.3) is 0 Å². The highest BCUT2D eigenvalue weighted by atomic mass is 16.5. The molecular weight excluding hydrogens is 334 g/mol. The summed E-state index contributed by atoms with van der Waals surface area (Å²) in [5.41, 5.74) is 2.49. The van der Waals surface area contributed by atoms with E-state index in [9.17, 15) is 9.59 Å². The number of rotatable bonds is 7. The van der Waals surface area contributed by atoms with Gasteiger partial charge in [0.05, 0.1) is 20.8 Å². The summed E-state index contributed by atoms with van der Waals surface area (Å²) in [6.07, 6.45) is 0. The maximum absolute atomic E-state index is 12.0. The molecule has 0 aliphatic heterocycles. The van der Waals surface area contributed by atoms with Gasteiger partial charge in [-0.15, -0.1) is 0 Å². The Kier molecular flexibility index (Phi) is 6.84. The van der Waals surface area contributed by atoms with Gasteiger partial charge in [0.2, 0.25) is 5.91 Å². The van der Waals surface area contributed by atoms with E-state index < -0.39 is 6.03 Å². The van der Waals surface area contributed by atoms with E-state index in [-0.39, 0.29) is 19.0 Å². The number of ether oxygens (including phenoxy) is 2. The van der Waals surface area contributed by atoms with E-state index in [0.717, 1.165) is 11.1 Å². The number of nitrogens with one attached hydrogen (secondary N) is 3. The van der Waals surface area contributed by atoms with Gasteiger partial charge >= 0.3 is 6.03 Å². The second kappa shape index (κ2) is 9.31. The number of methoxy groups -OCH3 is 2. The minimum atomic E-state index is -0.440. The van der Waals surface area contributed by atoms with Crippen LogP contribution in [0.5, 0.6) is 11.5 Å². The van der Waals surface area contributed by atoms with Gasteiger partial charge in [0, 0.05) is 17.8 Å². The summed E-state index contributed by atoms with van der Waals surface area (Å²) in [4.78, 5) is 23.8. The number of benzene rings is 2. The van der Waals surface area contributed by atoms with Crippen molar-refractivity contribution in [1.82, 2.24) is 10.6 Å². The predicted molar refractivity (Wildman–Crippen MR) is 99.6 cm³/mol. The Morgan fingerprint density at radius 2 is 1.77 bits per heavy atom. The van der Waals surface area contributed by atoms with Gasteiger partial charge in [-0.05, 0) is 30.7 Å². The van der Waals surface area contributed by atoms with Crippen molar-refractivity contribution in [3.8, 4) is 11.5 Å². The van der Waals surface area contributed by atoms with Crippen LogP contribution in [-0.4, -0.2) is 32.7 Å². The van der Waals surface area contributed by atoms with Gasteiger partial charge in [0.15, 0.2) is 11.5 Å². The summed E-state index contributed by atoms with van der Waals surface area (Å²) in [6, 6.07) is 12.4. The van der Waals surface area contributed by atoms with Crippen molar-refractivity contribution >= 4 is 17.6 Å². The van der Waals surface area contributed by atoms with Crippen LogP contribution in [0.3, 0.4) is 0 Å². The molecule has 0 bridgehead atoms. The molecule has 0 saturated carbocycles. The van der Waals surface area contributed by atoms with Crippen molar-refractivity contribution < 1.29 is 19.1 Å². The minimum Gasteiger partial charge on any atom is -0.493 e. The third-order valence-corrected chi connectivity index (χ3v) is 3.65. The maximum atomic E-state index is 12.0. The first kappa shape index (κ1) is 19.1. The molecule has 138 valence electrons. The largest absolute Gasteiger partial charge is 0.493 e. The molecular formula is C19H23N3O4. The Morgan fingerprint density at radius 1 is 1.00 bits per heavy atom. The van der Waals surface area contributed by atoms with Crippen LogP contribution in [0.15, 0.2) is 42.5 Å². The molecule has 0 spiro atoms. The number of para-hydroxylation sites is 1. The Balaban J connectivity index is 1.81. The molecule has 3 N–H and O–H groups in total. The molecule has 0 radical (unpaired) electrons. The Hall–Kier alpha value is -3.22. The van der Waals surface area contributed by atoms with E-state index in [2.05, 4.69) is 16.0 Å². The number of hydrogen-bond donors (Lipinski definition) is 3. The molecule has 0 fully saturated rings. The van der Waals surface area contributed by atoms with E-state index in [1.165, 1.54) is 0 Å². The van der Waals surface area contributed by atoms with Gasteiger partial charge in [0.1, 0.15) is 0 Å². The lowest BCUT2D eigenvalue weighted by Gasteiger charge is -2.13. The number of hydrogen-bond acceptors (Lipinski definition) is 4. The highest BCUT2D eigenvalue weighted by molar-refractivity contribution is 5.92. The fourth-order valence-electron chi connectivity index (χ4n) is 2.41. The summed E-state index contributed by atoms with van der Waals surface area (Å²) < 4.78 is 10.5. The monoisotopic (exact) mass is 357 g/mol. The quantitative estimate of drug-likeness (QED) is 0.710. The zero-order valence-electron chi connectivity index (χ0n) is 15.1. The molecule has 0 heterocycles. The van der Waals surface area contributed by atoms with E-state index in [1.807, 2.05) is 37.3 Å². The number of anilines is 1. The van der Waals surface area contributed by atoms with E-state index in [1.54, 1.807) is 26.4 Å².